The normalized spacial score (nSPS) is 14.7. The van der Waals surface area contributed by atoms with Gasteiger partial charge in [0.05, 0.1) is 21.8 Å². The van der Waals surface area contributed by atoms with E-state index in [0.717, 1.165) is 16.7 Å². The summed E-state index contributed by atoms with van der Waals surface area (Å²) < 4.78 is 21.5. The van der Waals surface area contributed by atoms with Crippen LogP contribution in [0.1, 0.15) is 55.0 Å². The molecule has 0 saturated heterocycles. The van der Waals surface area contributed by atoms with Gasteiger partial charge in [0.25, 0.3) is 11.5 Å². The summed E-state index contributed by atoms with van der Waals surface area (Å²) in [6, 6.07) is 30.3. The van der Waals surface area contributed by atoms with Crippen molar-refractivity contribution >= 4 is 29.0 Å². The summed E-state index contributed by atoms with van der Waals surface area (Å²) in [4.78, 5) is 33.3. The molecule has 4 aromatic carbocycles. The van der Waals surface area contributed by atoms with E-state index >= 15 is 0 Å². The number of benzene rings is 4. The van der Waals surface area contributed by atoms with E-state index in [0.29, 0.717) is 38.0 Å². The number of allylic oxidation sites excluding steroid dienone is 1. The Morgan fingerprint density at radius 3 is 2.38 bits per heavy atom. The molecule has 1 aliphatic rings. The van der Waals surface area contributed by atoms with Crippen molar-refractivity contribution in [2.24, 2.45) is 4.99 Å². The zero-order chi connectivity index (χ0) is 31.5. The number of carbonyl (C=O) groups excluding carboxylic acids is 1. The third kappa shape index (κ3) is 6.42. The second kappa shape index (κ2) is 12.9. The Morgan fingerprint density at radius 2 is 1.67 bits per heavy atom. The minimum absolute atomic E-state index is 0.248. The number of aromatic nitrogens is 1. The summed E-state index contributed by atoms with van der Waals surface area (Å²) in [5, 5.41) is 2.99. The third-order valence-electron chi connectivity index (χ3n) is 7.73. The molecule has 45 heavy (non-hydrogen) atoms. The molecule has 0 spiro atoms. The number of ether oxygens (including phenoxy) is 1. The monoisotopic (exact) mass is 617 g/mol. The fourth-order valence-corrected chi connectivity index (χ4v) is 6.36. The number of hydrogen-bond acceptors (Lipinski definition) is 5. The van der Waals surface area contributed by atoms with Crippen molar-refractivity contribution in [3.05, 3.63) is 162 Å². The number of halogens is 1. The topological polar surface area (TPSA) is 72.7 Å². The molecule has 0 bridgehead atoms. The number of thiazole rings is 1. The van der Waals surface area contributed by atoms with Crippen LogP contribution in [0.5, 0.6) is 5.75 Å². The first-order valence-corrected chi connectivity index (χ1v) is 15.5. The van der Waals surface area contributed by atoms with E-state index in [1.54, 1.807) is 22.8 Å². The molecule has 2 heterocycles. The Morgan fingerprint density at radius 1 is 0.978 bits per heavy atom. The highest BCUT2D eigenvalue weighted by atomic mass is 32.1. The number of para-hydroxylation sites is 2. The first kappa shape index (κ1) is 30.0. The molecule has 6 rings (SSSR count). The standard InChI is InChI=1S/C37H32FN3O3S/c1-23(2)26-15-17-27(18-16-26)34-33(35(42)40-30-10-5-4-6-11-30)24(3)39-37-41(34)36(43)32(45-37)21-28-9-7-8-12-31(28)44-22-25-13-19-29(38)20-14-25/h4-21,23,34H,22H2,1-3H3,(H,40,42)/b32-21-/t34-/m1/s1. The SMILES string of the molecule is CC1=C(C(=O)Nc2ccccc2)[C@@H](c2ccc(C(C)C)cc2)n2c(s/c(=C\c3ccccc3OCc3ccc(F)cc3)c2=O)=N1. The van der Waals surface area contributed by atoms with E-state index in [1.807, 2.05) is 85.8 Å². The maximum absolute atomic E-state index is 14.2. The Labute approximate surface area is 264 Å². The smallest absolute Gasteiger partial charge is 0.271 e. The molecule has 1 amide bonds. The van der Waals surface area contributed by atoms with Crippen LogP contribution in [0.15, 0.2) is 124 Å². The quantitative estimate of drug-likeness (QED) is 0.210. The predicted octanol–water partition coefficient (Wildman–Crippen LogP) is 6.72. The van der Waals surface area contributed by atoms with Crippen molar-refractivity contribution in [1.29, 1.82) is 0 Å². The van der Waals surface area contributed by atoms with Crippen LogP contribution in [0.3, 0.4) is 0 Å². The highest BCUT2D eigenvalue weighted by Crippen LogP contribution is 2.32. The van der Waals surface area contributed by atoms with E-state index in [9.17, 15) is 14.0 Å². The van der Waals surface area contributed by atoms with Crippen molar-refractivity contribution in [3.8, 4) is 5.75 Å². The fourth-order valence-electron chi connectivity index (χ4n) is 5.32. The van der Waals surface area contributed by atoms with Crippen LogP contribution in [0.4, 0.5) is 10.1 Å². The molecule has 8 heteroatoms. The number of nitrogens with one attached hydrogen (secondary N) is 1. The van der Waals surface area contributed by atoms with Gasteiger partial charge < -0.3 is 10.1 Å². The third-order valence-corrected chi connectivity index (χ3v) is 8.71. The van der Waals surface area contributed by atoms with Crippen molar-refractivity contribution < 1.29 is 13.9 Å². The highest BCUT2D eigenvalue weighted by Gasteiger charge is 2.32. The molecule has 1 N–H and O–H groups in total. The average Bonchev–Trinajstić information content (AvgIpc) is 3.34. The Hall–Kier alpha value is -5.08. The van der Waals surface area contributed by atoms with Gasteiger partial charge in [0.15, 0.2) is 4.80 Å². The van der Waals surface area contributed by atoms with E-state index in [-0.39, 0.29) is 23.9 Å². The molecule has 1 aliphatic heterocycles. The van der Waals surface area contributed by atoms with Gasteiger partial charge in [0.2, 0.25) is 0 Å². The van der Waals surface area contributed by atoms with E-state index in [1.165, 1.54) is 29.0 Å². The predicted molar refractivity (Wildman–Crippen MR) is 177 cm³/mol. The van der Waals surface area contributed by atoms with Gasteiger partial charge in [0.1, 0.15) is 18.2 Å². The second-order valence-corrected chi connectivity index (χ2v) is 12.2. The molecule has 226 valence electrons. The summed E-state index contributed by atoms with van der Waals surface area (Å²) in [7, 11) is 0. The molecule has 0 aliphatic carbocycles. The van der Waals surface area contributed by atoms with Crippen LogP contribution < -0.4 is 24.9 Å². The van der Waals surface area contributed by atoms with Gasteiger partial charge in [0, 0.05) is 11.3 Å². The van der Waals surface area contributed by atoms with E-state index in [2.05, 4.69) is 19.2 Å². The lowest BCUT2D eigenvalue weighted by Crippen LogP contribution is -2.40. The van der Waals surface area contributed by atoms with Gasteiger partial charge in [-0.05, 0) is 65.9 Å². The molecule has 5 aromatic rings. The van der Waals surface area contributed by atoms with Gasteiger partial charge in [-0.15, -0.1) is 0 Å². The molecule has 6 nitrogen and oxygen atoms in total. The minimum atomic E-state index is -0.668. The van der Waals surface area contributed by atoms with E-state index < -0.39 is 6.04 Å². The largest absolute Gasteiger partial charge is 0.488 e. The van der Waals surface area contributed by atoms with Crippen LogP contribution in [-0.2, 0) is 11.4 Å². The molecule has 1 aromatic heterocycles. The lowest BCUT2D eigenvalue weighted by atomic mass is 9.93. The molecular weight excluding hydrogens is 585 g/mol. The zero-order valence-electron chi connectivity index (χ0n) is 25.2. The van der Waals surface area contributed by atoms with Crippen LogP contribution in [0.25, 0.3) is 6.08 Å². The van der Waals surface area contributed by atoms with Gasteiger partial charge in [-0.25, -0.2) is 9.38 Å². The number of amides is 1. The van der Waals surface area contributed by atoms with Crippen molar-refractivity contribution in [3.63, 3.8) is 0 Å². The summed E-state index contributed by atoms with van der Waals surface area (Å²) >= 11 is 1.27. The van der Waals surface area contributed by atoms with E-state index in [4.69, 9.17) is 9.73 Å². The van der Waals surface area contributed by atoms with Gasteiger partial charge >= 0.3 is 0 Å². The number of hydrogen-bond donors (Lipinski definition) is 1. The Bertz CT molecular complexity index is 2060. The van der Waals surface area contributed by atoms with Crippen molar-refractivity contribution in [2.45, 2.75) is 39.3 Å². The first-order valence-electron chi connectivity index (χ1n) is 14.7. The van der Waals surface area contributed by atoms with Crippen LogP contribution >= 0.6 is 11.3 Å². The fraction of sp³-hybridized carbons (Fsp3) is 0.162. The lowest BCUT2D eigenvalue weighted by molar-refractivity contribution is -0.113. The number of carbonyl (C=O) groups is 1. The average molecular weight is 618 g/mol. The molecule has 0 radical (unpaired) electrons. The van der Waals surface area contributed by atoms with Gasteiger partial charge in [-0.2, -0.15) is 0 Å². The summed E-state index contributed by atoms with van der Waals surface area (Å²) in [6.45, 7) is 6.31. The molecule has 0 saturated carbocycles. The van der Waals surface area contributed by atoms with Gasteiger partial charge in [-0.3, -0.25) is 14.2 Å². The zero-order valence-corrected chi connectivity index (χ0v) is 26.0. The van der Waals surface area contributed by atoms with Crippen molar-refractivity contribution in [1.82, 2.24) is 4.57 Å². The number of rotatable bonds is 8. The van der Waals surface area contributed by atoms with Crippen molar-refractivity contribution in [2.75, 3.05) is 5.32 Å². The molecule has 1 atom stereocenters. The number of fused-ring (bicyclic) bond motifs is 1. The number of nitrogens with zero attached hydrogens (tertiary/aromatic N) is 2. The number of anilines is 1. The van der Waals surface area contributed by atoms with Gasteiger partial charge in [-0.1, -0.05) is 98.0 Å². The maximum atomic E-state index is 14.2. The molecular formula is C37H32FN3O3S. The Balaban J connectivity index is 1.42. The first-order chi connectivity index (χ1) is 21.8. The van der Waals surface area contributed by atoms with Crippen LogP contribution in [0, 0.1) is 5.82 Å². The Kier molecular flexibility index (Phi) is 8.58. The molecule has 0 unspecified atom stereocenters. The maximum Gasteiger partial charge on any atom is 0.271 e. The van der Waals surface area contributed by atoms with Crippen LogP contribution in [0.2, 0.25) is 0 Å². The summed E-state index contributed by atoms with van der Waals surface area (Å²) in [5.41, 5.74) is 4.91. The molecule has 0 fully saturated rings. The second-order valence-electron chi connectivity index (χ2n) is 11.2. The van der Waals surface area contributed by atoms with Crippen LogP contribution in [-0.4, -0.2) is 10.5 Å². The highest BCUT2D eigenvalue weighted by molar-refractivity contribution is 7.07. The summed E-state index contributed by atoms with van der Waals surface area (Å²) in [5.74, 6) is 0.311. The minimum Gasteiger partial charge on any atom is -0.488 e. The lowest BCUT2D eigenvalue weighted by Gasteiger charge is -2.25. The summed E-state index contributed by atoms with van der Waals surface area (Å²) in [6.07, 6.45) is 1.80.